The number of aliphatic hydroxyl groups is 1. The monoisotopic (exact) mass is 236 g/mol. The topological polar surface area (TPSA) is 55.2 Å². The lowest BCUT2D eigenvalue weighted by atomic mass is 10.4. The number of nitrogens with zero attached hydrogens (tertiary/aromatic N) is 2. The quantitative estimate of drug-likeness (QED) is 0.857. The van der Waals surface area contributed by atoms with Crippen LogP contribution in [0, 0.1) is 0 Å². The van der Waals surface area contributed by atoms with Gasteiger partial charge >= 0.3 is 0 Å². The van der Waals surface area contributed by atoms with Crippen LogP contribution in [-0.2, 0) is 13.0 Å². The molecule has 0 atom stereocenters. The summed E-state index contributed by atoms with van der Waals surface area (Å²) in [5, 5.41) is 18.5. The predicted octanol–water partition coefficient (Wildman–Crippen LogP) is 1.65. The molecule has 2 aromatic rings. The lowest BCUT2D eigenvalue weighted by Crippen LogP contribution is -2.03. The average molecular weight is 236 g/mol. The molecule has 0 amide bonds. The fourth-order valence-electron chi connectivity index (χ4n) is 1.22. The van der Waals surface area contributed by atoms with E-state index in [1.807, 2.05) is 11.4 Å². The van der Waals surface area contributed by atoms with Crippen LogP contribution in [0.5, 0.6) is 5.88 Å². The molecule has 0 saturated heterocycles. The Morgan fingerprint density at radius 3 is 2.81 bits per heavy atom. The van der Waals surface area contributed by atoms with Gasteiger partial charge in [0.2, 0.25) is 5.88 Å². The van der Waals surface area contributed by atoms with Crippen molar-refractivity contribution in [2.24, 2.45) is 0 Å². The number of thiophene rings is 1. The first-order valence-corrected chi connectivity index (χ1v) is 5.85. The Labute approximate surface area is 97.5 Å². The van der Waals surface area contributed by atoms with Crippen LogP contribution in [0.4, 0.5) is 0 Å². The maximum Gasteiger partial charge on any atom is 0.233 e. The van der Waals surface area contributed by atoms with Gasteiger partial charge in [0.25, 0.3) is 0 Å². The molecular weight excluding hydrogens is 224 g/mol. The van der Waals surface area contributed by atoms with Crippen molar-refractivity contribution >= 4 is 11.3 Å². The third-order valence-electron chi connectivity index (χ3n) is 2.04. The minimum absolute atomic E-state index is 0.0948. The molecule has 0 spiro atoms. The summed E-state index contributed by atoms with van der Waals surface area (Å²) in [6.07, 6.45) is 0.876. The van der Waals surface area contributed by atoms with Crippen molar-refractivity contribution in [1.29, 1.82) is 0 Å². The zero-order valence-electron chi connectivity index (χ0n) is 8.67. The molecule has 16 heavy (non-hydrogen) atoms. The summed E-state index contributed by atoms with van der Waals surface area (Å²) in [5.74, 6) is 0.494. The Balaban J connectivity index is 1.81. The molecular formula is C11H12N2O2S. The predicted molar refractivity (Wildman–Crippen MR) is 61.5 cm³/mol. The molecule has 0 saturated carbocycles. The van der Waals surface area contributed by atoms with Crippen molar-refractivity contribution in [2.75, 3.05) is 6.61 Å². The summed E-state index contributed by atoms with van der Waals surface area (Å²) in [6.45, 7) is 0.496. The third-order valence-corrected chi connectivity index (χ3v) is 2.97. The molecule has 0 bridgehead atoms. The van der Waals surface area contributed by atoms with Crippen LogP contribution in [-0.4, -0.2) is 21.9 Å². The van der Waals surface area contributed by atoms with Crippen molar-refractivity contribution in [1.82, 2.24) is 10.2 Å². The molecule has 0 unspecified atom stereocenters. The second kappa shape index (κ2) is 5.58. The Kier molecular flexibility index (Phi) is 3.85. The van der Waals surface area contributed by atoms with Gasteiger partial charge in [-0.25, -0.2) is 0 Å². The van der Waals surface area contributed by atoms with Crippen LogP contribution >= 0.6 is 11.3 Å². The van der Waals surface area contributed by atoms with E-state index in [-0.39, 0.29) is 6.61 Å². The van der Waals surface area contributed by atoms with Gasteiger partial charge in [0.05, 0.1) is 18.9 Å². The molecule has 0 aromatic carbocycles. The van der Waals surface area contributed by atoms with Gasteiger partial charge in [0, 0.05) is 17.4 Å². The van der Waals surface area contributed by atoms with E-state index in [2.05, 4.69) is 16.3 Å². The number of hydrogen-bond donors (Lipinski definition) is 1. The van der Waals surface area contributed by atoms with E-state index >= 15 is 0 Å². The SMILES string of the molecule is OCc1ccc(OCCc2cccs2)nn1. The van der Waals surface area contributed by atoms with E-state index in [4.69, 9.17) is 9.84 Å². The van der Waals surface area contributed by atoms with Gasteiger partial charge in [-0.05, 0) is 17.5 Å². The van der Waals surface area contributed by atoms with E-state index in [0.717, 1.165) is 6.42 Å². The summed E-state index contributed by atoms with van der Waals surface area (Å²) in [7, 11) is 0. The van der Waals surface area contributed by atoms with Crippen LogP contribution in [0.2, 0.25) is 0 Å². The van der Waals surface area contributed by atoms with Crippen LogP contribution < -0.4 is 4.74 Å². The Bertz CT molecular complexity index is 414. The molecule has 0 aliphatic carbocycles. The number of hydrogen-bond acceptors (Lipinski definition) is 5. The van der Waals surface area contributed by atoms with Gasteiger partial charge in [0.1, 0.15) is 0 Å². The van der Waals surface area contributed by atoms with E-state index in [1.165, 1.54) is 4.88 Å². The third kappa shape index (κ3) is 3.01. The highest BCUT2D eigenvalue weighted by Crippen LogP contribution is 2.10. The summed E-state index contributed by atoms with van der Waals surface area (Å²) < 4.78 is 5.43. The fraction of sp³-hybridized carbons (Fsp3) is 0.273. The van der Waals surface area contributed by atoms with Crippen molar-refractivity contribution in [2.45, 2.75) is 13.0 Å². The number of ether oxygens (including phenoxy) is 1. The lowest BCUT2D eigenvalue weighted by molar-refractivity contribution is 0.271. The zero-order chi connectivity index (χ0) is 11.2. The maximum atomic E-state index is 8.79. The number of aromatic nitrogens is 2. The van der Waals surface area contributed by atoms with Gasteiger partial charge < -0.3 is 9.84 Å². The maximum absolute atomic E-state index is 8.79. The molecule has 1 N–H and O–H groups in total. The Hall–Kier alpha value is -1.46. The Morgan fingerprint density at radius 1 is 1.25 bits per heavy atom. The lowest BCUT2D eigenvalue weighted by Gasteiger charge is -2.03. The normalized spacial score (nSPS) is 10.3. The molecule has 84 valence electrons. The molecule has 0 aliphatic heterocycles. The molecule has 2 aromatic heterocycles. The number of rotatable bonds is 5. The molecule has 5 heteroatoms. The smallest absolute Gasteiger partial charge is 0.233 e. The van der Waals surface area contributed by atoms with Gasteiger partial charge in [0.15, 0.2) is 0 Å². The van der Waals surface area contributed by atoms with Gasteiger partial charge in [-0.2, -0.15) is 0 Å². The van der Waals surface area contributed by atoms with Crippen molar-refractivity contribution < 1.29 is 9.84 Å². The highest BCUT2D eigenvalue weighted by Gasteiger charge is 1.99. The number of aliphatic hydroxyl groups excluding tert-OH is 1. The summed E-state index contributed by atoms with van der Waals surface area (Å²) >= 11 is 1.72. The van der Waals surface area contributed by atoms with E-state index in [0.29, 0.717) is 18.2 Å². The largest absolute Gasteiger partial charge is 0.476 e. The van der Waals surface area contributed by atoms with Gasteiger partial charge in [-0.3, -0.25) is 0 Å². The average Bonchev–Trinajstić information content (AvgIpc) is 2.83. The first kappa shape index (κ1) is 11.0. The minimum Gasteiger partial charge on any atom is -0.476 e. The molecule has 2 heterocycles. The van der Waals surface area contributed by atoms with Crippen molar-refractivity contribution in [3.05, 3.63) is 40.2 Å². The van der Waals surface area contributed by atoms with Crippen LogP contribution in [0.1, 0.15) is 10.6 Å². The molecule has 0 fully saturated rings. The van der Waals surface area contributed by atoms with E-state index in [1.54, 1.807) is 23.5 Å². The standard InChI is InChI=1S/C11H12N2O2S/c14-8-9-3-4-11(13-12-9)15-6-5-10-2-1-7-16-10/h1-4,7,14H,5-6,8H2. The fourth-order valence-corrected chi connectivity index (χ4v) is 1.91. The van der Waals surface area contributed by atoms with Crippen molar-refractivity contribution in [3.8, 4) is 5.88 Å². The second-order valence-electron chi connectivity index (χ2n) is 3.20. The summed E-state index contributed by atoms with van der Waals surface area (Å²) in [6, 6.07) is 7.52. The molecule has 2 rings (SSSR count). The van der Waals surface area contributed by atoms with Gasteiger partial charge in [-0.15, -0.1) is 21.5 Å². The zero-order valence-corrected chi connectivity index (χ0v) is 9.48. The molecule has 0 aliphatic rings. The highest BCUT2D eigenvalue weighted by atomic mass is 32.1. The van der Waals surface area contributed by atoms with Crippen molar-refractivity contribution in [3.63, 3.8) is 0 Å². The first-order valence-electron chi connectivity index (χ1n) is 4.97. The van der Waals surface area contributed by atoms with Crippen LogP contribution in [0.25, 0.3) is 0 Å². The molecule has 0 radical (unpaired) electrons. The molecule has 4 nitrogen and oxygen atoms in total. The highest BCUT2D eigenvalue weighted by molar-refractivity contribution is 7.09. The van der Waals surface area contributed by atoms with E-state index < -0.39 is 0 Å². The van der Waals surface area contributed by atoms with Crippen LogP contribution in [0.15, 0.2) is 29.6 Å². The summed E-state index contributed by atoms with van der Waals surface area (Å²) in [5.41, 5.74) is 0.547. The van der Waals surface area contributed by atoms with E-state index in [9.17, 15) is 0 Å². The minimum atomic E-state index is -0.0948. The first-order chi connectivity index (χ1) is 7.88. The van der Waals surface area contributed by atoms with Gasteiger partial charge in [-0.1, -0.05) is 6.07 Å². The van der Waals surface area contributed by atoms with Crippen LogP contribution in [0.3, 0.4) is 0 Å². The second-order valence-corrected chi connectivity index (χ2v) is 4.23. The Morgan fingerprint density at radius 2 is 2.19 bits per heavy atom. The summed E-state index contributed by atoms with van der Waals surface area (Å²) in [4.78, 5) is 1.29.